The van der Waals surface area contributed by atoms with Gasteiger partial charge in [-0.15, -0.1) is 0 Å². The van der Waals surface area contributed by atoms with E-state index >= 15 is 0 Å². The highest BCUT2D eigenvalue weighted by atomic mass is 35.5. The Morgan fingerprint density at radius 3 is 2.17 bits per heavy atom. The van der Waals surface area contributed by atoms with Crippen molar-refractivity contribution >= 4 is 39.1 Å². The minimum atomic E-state index is -4.17. The van der Waals surface area contributed by atoms with Gasteiger partial charge in [-0.05, 0) is 92.3 Å². The summed E-state index contributed by atoms with van der Waals surface area (Å²) in [5, 5.41) is 3.70. The zero-order valence-corrected chi connectivity index (χ0v) is 28.7. The van der Waals surface area contributed by atoms with Gasteiger partial charge in [0, 0.05) is 24.0 Å². The fraction of sp³-hybridized carbons (Fsp3) is 0.316. The van der Waals surface area contributed by atoms with Gasteiger partial charge in [-0.25, -0.2) is 8.42 Å². The van der Waals surface area contributed by atoms with Crippen molar-refractivity contribution in [2.45, 2.75) is 76.4 Å². The van der Waals surface area contributed by atoms with Crippen molar-refractivity contribution in [1.82, 2.24) is 10.2 Å². The van der Waals surface area contributed by atoms with Crippen molar-refractivity contribution in [3.63, 3.8) is 0 Å². The summed E-state index contributed by atoms with van der Waals surface area (Å²) < 4.78 is 29.7. The van der Waals surface area contributed by atoms with Crippen molar-refractivity contribution in [3.05, 3.63) is 130 Å². The summed E-state index contributed by atoms with van der Waals surface area (Å²) in [7, 11) is -4.17. The predicted octanol–water partition coefficient (Wildman–Crippen LogP) is 7.16. The minimum absolute atomic E-state index is 0.0397. The number of halogens is 1. The number of nitrogens with zero attached hydrogens (tertiary/aromatic N) is 2. The lowest BCUT2D eigenvalue weighted by Crippen LogP contribution is -2.54. The predicted molar refractivity (Wildman–Crippen MR) is 188 cm³/mol. The molecule has 1 saturated carbocycles. The lowest BCUT2D eigenvalue weighted by atomic mass is 10.0. The summed E-state index contributed by atoms with van der Waals surface area (Å²) in [4.78, 5) is 30.4. The molecule has 7 nitrogen and oxygen atoms in total. The molecule has 0 bridgehead atoms. The first kappa shape index (κ1) is 34.2. The molecule has 1 fully saturated rings. The van der Waals surface area contributed by atoms with E-state index in [0.29, 0.717) is 10.7 Å². The lowest BCUT2D eigenvalue weighted by molar-refractivity contribution is -0.140. The van der Waals surface area contributed by atoms with Crippen LogP contribution in [0.15, 0.2) is 102 Å². The quantitative estimate of drug-likeness (QED) is 0.173. The molecule has 1 atom stereocenters. The number of nitrogens with one attached hydrogen (secondary N) is 1. The van der Waals surface area contributed by atoms with E-state index in [9.17, 15) is 18.0 Å². The highest BCUT2D eigenvalue weighted by Gasteiger charge is 2.35. The van der Waals surface area contributed by atoms with E-state index in [1.165, 1.54) is 4.90 Å². The molecule has 9 heteroatoms. The highest BCUT2D eigenvalue weighted by Crippen LogP contribution is 2.28. The molecule has 1 N–H and O–H groups in total. The van der Waals surface area contributed by atoms with Crippen LogP contribution in [-0.2, 0) is 32.6 Å². The number of sulfonamides is 1. The average molecular weight is 672 g/mol. The van der Waals surface area contributed by atoms with Gasteiger partial charge >= 0.3 is 0 Å². The second-order valence-electron chi connectivity index (χ2n) is 12.4. The van der Waals surface area contributed by atoms with E-state index in [-0.39, 0.29) is 29.8 Å². The number of aryl methyl sites for hydroxylation is 3. The number of carbonyl (C=O) groups excluding carboxylic acids is 2. The Labute approximate surface area is 283 Å². The maximum absolute atomic E-state index is 14.7. The first-order valence-electron chi connectivity index (χ1n) is 16.1. The van der Waals surface area contributed by atoms with Crippen molar-refractivity contribution in [1.29, 1.82) is 0 Å². The second-order valence-corrected chi connectivity index (χ2v) is 14.7. The van der Waals surface area contributed by atoms with Gasteiger partial charge in [0.15, 0.2) is 0 Å². The van der Waals surface area contributed by atoms with Crippen molar-refractivity contribution < 1.29 is 18.0 Å². The molecule has 4 aromatic rings. The molecule has 0 aromatic heterocycles. The SMILES string of the molecule is Cc1ccc(S(=O)(=O)N(CC(=O)N(Cc2cccc(Cl)c2)C(Cc2ccccc2)C(=O)NC2CCCC2)c2ccc(C)c(C)c2)cc1. The van der Waals surface area contributed by atoms with Crippen LogP contribution in [0.2, 0.25) is 5.02 Å². The molecule has 2 amide bonds. The summed E-state index contributed by atoms with van der Waals surface area (Å²) in [6.45, 7) is 5.32. The molecule has 1 aliphatic carbocycles. The third-order valence-corrected chi connectivity index (χ3v) is 10.9. The van der Waals surface area contributed by atoms with Gasteiger partial charge in [-0.3, -0.25) is 13.9 Å². The molecule has 246 valence electrons. The smallest absolute Gasteiger partial charge is 0.264 e. The Bertz CT molecular complexity index is 1810. The second kappa shape index (κ2) is 15.2. The fourth-order valence-corrected chi connectivity index (χ4v) is 7.62. The number of hydrogen-bond acceptors (Lipinski definition) is 4. The zero-order valence-electron chi connectivity index (χ0n) is 27.2. The summed E-state index contributed by atoms with van der Waals surface area (Å²) in [5.41, 5.74) is 4.81. The first-order chi connectivity index (χ1) is 22.5. The molecule has 0 radical (unpaired) electrons. The van der Waals surface area contributed by atoms with E-state index in [1.54, 1.807) is 54.6 Å². The molecular weight excluding hydrogens is 630 g/mol. The van der Waals surface area contributed by atoms with Crippen LogP contribution in [0.4, 0.5) is 5.69 Å². The van der Waals surface area contributed by atoms with Crippen LogP contribution in [0.1, 0.15) is 53.5 Å². The van der Waals surface area contributed by atoms with E-state index in [1.807, 2.05) is 63.2 Å². The lowest BCUT2D eigenvalue weighted by Gasteiger charge is -2.34. The molecule has 1 aliphatic rings. The van der Waals surface area contributed by atoms with E-state index in [4.69, 9.17) is 11.6 Å². The Morgan fingerprint density at radius 1 is 0.830 bits per heavy atom. The topological polar surface area (TPSA) is 86.8 Å². The van der Waals surface area contributed by atoms with Crippen LogP contribution >= 0.6 is 11.6 Å². The summed E-state index contributed by atoms with van der Waals surface area (Å²) in [5.74, 6) is -0.753. The highest BCUT2D eigenvalue weighted by molar-refractivity contribution is 7.92. The number of anilines is 1. The molecule has 0 aliphatic heterocycles. The van der Waals surface area contributed by atoms with Crippen molar-refractivity contribution in [2.24, 2.45) is 0 Å². The summed E-state index contributed by atoms with van der Waals surface area (Å²) >= 11 is 6.35. The van der Waals surface area contributed by atoms with E-state index < -0.39 is 28.5 Å². The Kier molecular flexibility index (Phi) is 11.0. The molecule has 0 spiro atoms. The van der Waals surface area contributed by atoms with Gasteiger partial charge in [0.1, 0.15) is 12.6 Å². The maximum atomic E-state index is 14.7. The van der Waals surface area contributed by atoms with E-state index in [2.05, 4.69) is 5.32 Å². The number of carbonyl (C=O) groups is 2. The van der Waals surface area contributed by atoms with Gasteiger partial charge < -0.3 is 10.2 Å². The van der Waals surface area contributed by atoms with E-state index in [0.717, 1.165) is 57.8 Å². The number of benzene rings is 4. The van der Waals surface area contributed by atoms with Crippen molar-refractivity contribution in [2.75, 3.05) is 10.8 Å². The van der Waals surface area contributed by atoms with Crippen LogP contribution in [0.5, 0.6) is 0 Å². The molecule has 4 aromatic carbocycles. The van der Waals surface area contributed by atoms with Crippen LogP contribution in [0.3, 0.4) is 0 Å². The number of rotatable bonds is 12. The van der Waals surface area contributed by atoms with Crippen LogP contribution in [-0.4, -0.2) is 43.8 Å². The first-order valence-corrected chi connectivity index (χ1v) is 17.9. The molecule has 0 heterocycles. The number of amides is 2. The zero-order chi connectivity index (χ0) is 33.6. The average Bonchev–Trinajstić information content (AvgIpc) is 3.56. The summed E-state index contributed by atoms with van der Waals surface area (Å²) in [6.07, 6.45) is 4.13. The molecule has 5 rings (SSSR count). The Hall–Kier alpha value is -4.14. The Balaban J connectivity index is 1.58. The monoisotopic (exact) mass is 671 g/mol. The van der Waals surface area contributed by atoms with Crippen molar-refractivity contribution in [3.8, 4) is 0 Å². The third-order valence-electron chi connectivity index (χ3n) is 8.88. The summed E-state index contributed by atoms with van der Waals surface area (Å²) in [6, 6.07) is 27.8. The molecule has 0 saturated heterocycles. The largest absolute Gasteiger partial charge is 0.352 e. The van der Waals surface area contributed by atoms with Gasteiger partial charge in [-0.1, -0.05) is 90.7 Å². The van der Waals surface area contributed by atoms with Gasteiger partial charge in [-0.2, -0.15) is 0 Å². The van der Waals surface area contributed by atoms with Gasteiger partial charge in [0.05, 0.1) is 10.6 Å². The number of hydrogen-bond donors (Lipinski definition) is 1. The van der Waals surface area contributed by atoms with Gasteiger partial charge in [0.2, 0.25) is 11.8 Å². The normalized spacial score (nSPS) is 14.0. The molecular formula is C38H42ClN3O4S. The van der Waals surface area contributed by atoms with Crippen LogP contribution < -0.4 is 9.62 Å². The molecule has 47 heavy (non-hydrogen) atoms. The third kappa shape index (κ3) is 8.62. The fourth-order valence-electron chi connectivity index (χ4n) is 6.00. The standard InChI is InChI=1S/C38H42ClN3O4S/c1-27-16-20-35(21-17-27)47(45,46)42(34-19-18-28(2)29(3)22-34)26-37(43)41(25-31-12-9-13-32(39)23-31)36(24-30-10-5-4-6-11-30)38(44)40-33-14-7-8-15-33/h4-6,9-13,16-23,33,36H,7-8,14-15,24-26H2,1-3H3,(H,40,44). The van der Waals surface area contributed by atoms with Gasteiger partial charge in [0.25, 0.3) is 10.0 Å². The Morgan fingerprint density at radius 2 is 1.51 bits per heavy atom. The van der Waals surface area contributed by atoms with Crippen LogP contribution in [0, 0.1) is 20.8 Å². The molecule has 1 unspecified atom stereocenters. The van der Waals surface area contributed by atoms with Crippen LogP contribution in [0.25, 0.3) is 0 Å². The maximum Gasteiger partial charge on any atom is 0.264 e. The minimum Gasteiger partial charge on any atom is -0.352 e.